The number of aryl methyl sites for hydroxylation is 1. The molecule has 2 heterocycles. The lowest BCUT2D eigenvalue weighted by molar-refractivity contribution is -0.120. The zero-order valence-electron chi connectivity index (χ0n) is 16.0. The second-order valence-electron chi connectivity index (χ2n) is 7.13. The van der Waals surface area contributed by atoms with Crippen LogP contribution in [-0.4, -0.2) is 28.4 Å². The molecule has 150 valence electrons. The minimum Gasteiger partial charge on any atom is -0.441 e. The van der Waals surface area contributed by atoms with Gasteiger partial charge in [-0.05, 0) is 56.6 Å². The summed E-state index contributed by atoms with van der Waals surface area (Å²) in [6, 6.07) is 14.6. The van der Waals surface area contributed by atoms with Crippen LogP contribution in [-0.2, 0) is 11.3 Å². The Labute approximate surface area is 179 Å². The van der Waals surface area contributed by atoms with Gasteiger partial charge >= 0.3 is 0 Å². The summed E-state index contributed by atoms with van der Waals surface area (Å²) in [6.07, 6.45) is 1.74. The highest BCUT2D eigenvalue weighted by molar-refractivity contribution is 6.36. The SMILES string of the molecule is Cc1oc(-c2ccccc2)nc1CN1CCC[C@H]1C(=O)Nc1ccc(Cl)cc1Cl. The Kier molecular flexibility index (Phi) is 5.90. The highest BCUT2D eigenvalue weighted by Gasteiger charge is 2.32. The number of aromatic nitrogens is 1. The predicted octanol–water partition coefficient (Wildman–Crippen LogP) is 5.56. The topological polar surface area (TPSA) is 58.4 Å². The van der Waals surface area contributed by atoms with Gasteiger partial charge in [-0.2, -0.15) is 0 Å². The van der Waals surface area contributed by atoms with Gasteiger partial charge in [0.05, 0.1) is 22.4 Å². The molecule has 0 aliphatic carbocycles. The van der Waals surface area contributed by atoms with E-state index in [2.05, 4.69) is 15.2 Å². The van der Waals surface area contributed by atoms with Gasteiger partial charge in [0.1, 0.15) is 5.76 Å². The zero-order valence-corrected chi connectivity index (χ0v) is 17.5. The van der Waals surface area contributed by atoms with Crippen LogP contribution in [0.1, 0.15) is 24.3 Å². The number of benzene rings is 2. The Morgan fingerprint density at radius 3 is 2.79 bits per heavy atom. The van der Waals surface area contributed by atoms with Gasteiger partial charge in [-0.15, -0.1) is 0 Å². The monoisotopic (exact) mass is 429 g/mol. The van der Waals surface area contributed by atoms with E-state index in [1.54, 1.807) is 18.2 Å². The number of nitrogens with one attached hydrogen (secondary N) is 1. The average Bonchev–Trinajstić information content (AvgIpc) is 3.32. The molecule has 1 amide bonds. The van der Waals surface area contributed by atoms with Crippen LogP contribution in [0.3, 0.4) is 0 Å². The number of halogens is 2. The van der Waals surface area contributed by atoms with Crippen LogP contribution in [0.4, 0.5) is 5.69 Å². The number of hydrogen-bond acceptors (Lipinski definition) is 4. The van der Waals surface area contributed by atoms with Crippen LogP contribution in [0.15, 0.2) is 52.9 Å². The van der Waals surface area contributed by atoms with E-state index in [0.29, 0.717) is 28.2 Å². The van der Waals surface area contributed by atoms with E-state index < -0.39 is 0 Å². The lowest BCUT2D eigenvalue weighted by Crippen LogP contribution is -2.39. The summed E-state index contributed by atoms with van der Waals surface area (Å²) in [4.78, 5) is 19.7. The molecule has 1 aliphatic heterocycles. The quantitative estimate of drug-likeness (QED) is 0.576. The van der Waals surface area contributed by atoms with Crippen molar-refractivity contribution in [2.24, 2.45) is 0 Å². The first kappa shape index (κ1) is 20.0. The highest BCUT2D eigenvalue weighted by Crippen LogP contribution is 2.28. The minimum absolute atomic E-state index is 0.0730. The molecule has 0 radical (unpaired) electrons. The first-order chi connectivity index (χ1) is 14.0. The van der Waals surface area contributed by atoms with Crippen LogP contribution in [0, 0.1) is 6.92 Å². The number of carbonyl (C=O) groups is 1. The second kappa shape index (κ2) is 8.57. The van der Waals surface area contributed by atoms with Gasteiger partial charge in [-0.25, -0.2) is 4.98 Å². The summed E-state index contributed by atoms with van der Waals surface area (Å²) >= 11 is 12.1. The molecule has 3 aromatic rings. The smallest absolute Gasteiger partial charge is 0.241 e. The summed E-state index contributed by atoms with van der Waals surface area (Å²) in [6.45, 7) is 3.31. The van der Waals surface area contributed by atoms with E-state index in [-0.39, 0.29) is 11.9 Å². The molecule has 4 rings (SSSR count). The molecular weight excluding hydrogens is 409 g/mol. The number of rotatable bonds is 5. The Bertz CT molecular complexity index is 1020. The largest absolute Gasteiger partial charge is 0.441 e. The fourth-order valence-electron chi connectivity index (χ4n) is 3.59. The van der Waals surface area contributed by atoms with Crippen molar-refractivity contribution in [1.82, 2.24) is 9.88 Å². The maximum Gasteiger partial charge on any atom is 0.241 e. The van der Waals surface area contributed by atoms with Crippen LogP contribution in [0.5, 0.6) is 0 Å². The highest BCUT2D eigenvalue weighted by atomic mass is 35.5. The van der Waals surface area contributed by atoms with Gasteiger partial charge in [0.2, 0.25) is 11.8 Å². The fraction of sp³-hybridized carbons (Fsp3) is 0.273. The van der Waals surface area contributed by atoms with E-state index in [1.807, 2.05) is 37.3 Å². The third-order valence-electron chi connectivity index (χ3n) is 5.12. The van der Waals surface area contributed by atoms with E-state index >= 15 is 0 Å². The van der Waals surface area contributed by atoms with E-state index in [9.17, 15) is 4.79 Å². The molecule has 1 aliphatic rings. The van der Waals surface area contributed by atoms with Gasteiger partial charge in [0.15, 0.2) is 0 Å². The first-order valence-electron chi connectivity index (χ1n) is 9.53. The molecule has 1 N–H and O–H groups in total. The van der Waals surface area contributed by atoms with E-state index in [0.717, 1.165) is 36.4 Å². The molecule has 0 bridgehead atoms. The van der Waals surface area contributed by atoms with Crippen LogP contribution >= 0.6 is 23.2 Å². The van der Waals surface area contributed by atoms with Crippen LogP contribution in [0.25, 0.3) is 11.5 Å². The van der Waals surface area contributed by atoms with Crippen LogP contribution < -0.4 is 5.32 Å². The normalized spacial score (nSPS) is 16.9. The van der Waals surface area contributed by atoms with Crippen molar-refractivity contribution in [2.45, 2.75) is 32.4 Å². The van der Waals surface area contributed by atoms with Crippen molar-refractivity contribution < 1.29 is 9.21 Å². The third-order valence-corrected chi connectivity index (χ3v) is 5.67. The molecule has 1 fully saturated rings. The van der Waals surface area contributed by atoms with Crippen molar-refractivity contribution in [1.29, 1.82) is 0 Å². The van der Waals surface area contributed by atoms with E-state index in [1.165, 1.54) is 0 Å². The molecule has 2 aromatic carbocycles. The molecule has 29 heavy (non-hydrogen) atoms. The van der Waals surface area contributed by atoms with Crippen molar-refractivity contribution in [3.63, 3.8) is 0 Å². The molecule has 0 unspecified atom stereocenters. The molecule has 5 nitrogen and oxygen atoms in total. The summed E-state index contributed by atoms with van der Waals surface area (Å²) in [5.74, 6) is 1.30. The summed E-state index contributed by atoms with van der Waals surface area (Å²) in [5, 5.41) is 3.89. The standard InChI is InChI=1S/C22H21Cl2N3O2/c1-14-19(26-22(29-14)15-6-3-2-4-7-15)13-27-11-5-8-20(27)21(28)25-18-10-9-16(23)12-17(18)24/h2-4,6-7,9-10,12,20H,5,8,11,13H2,1H3,(H,25,28)/t20-/m0/s1. The molecule has 7 heteroatoms. The Morgan fingerprint density at radius 2 is 2.03 bits per heavy atom. The number of likely N-dealkylation sites (tertiary alicyclic amines) is 1. The third kappa shape index (κ3) is 4.47. The van der Waals surface area contributed by atoms with Gasteiger partial charge in [-0.3, -0.25) is 9.69 Å². The molecule has 1 saturated heterocycles. The van der Waals surface area contributed by atoms with Crippen molar-refractivity contribution >= 4 is 34.8 Å². The zero-order chi connectivity index (χ0) is 20.4. The minimum atomic E-state index is -0.238. The van der Waals surface area contributed by atoms with Gasteiger partial charge in [-0.1, -0.05) is 41.4 Å². The number of nitrogens with zero attached hydrogens (tertiary/aromatic N) is 2. The lowest BCUT2D eigenvalue weighted by Gasteiger charge is -2.23. The molecule has 0 spiro atoms. The Balaban J connectivity index is 1.47. The van der Waals surface area contributed by atoms with Crippen molar-refractivity contribution in [3.8, 4) is 11.5 Å². The number of hydrogen-bond donors (Lipinski definition) is 1. The summed E-state index contributed by atoms with van der Waals surface area (Å²) in [5.41, 5.74) is 2.36. The number of amides is 1. The molecular formula is C22H21Cl2N3O2. The predicted molar refractivity (Wildman–Crippen MR) is 115 cm³/mol. The molecule has 1 aromatic heterocycles. The van der Waals surface area contributed by atoms with Crippen molar-refractivity contribution in [3.05, 3.63) is 70.0 Å². The van der Waals surface area contributed by atoms with Gasteiger partial charge in [0, 0.05) is 17.1 Å². The average molecular weight is 430 g/mol. The van der Waals surface area contributed by atoms with Crippen LogP contribution in [0.2, 0.25) is 10.0 Å². The molecule has 0 saturated carbocycles. The second-order valence-corrected chi connectivity index (χ2v) is 7.97. The Hall–Kier alpha value is -2.34. The lowest BCUT2D eigenvalue weighted by atomic mass is 10.2. The maximum atomic E-state index is 12.9. The fourth-order valence-corrected chi connectivity index (χ4v) is 4.05. The first-order valence-corrected chi connectivity index (χ1v) is 10.3. The van der Waals surface area contributed by atoms with Gasteiger partial charge < -0.3 is 9.73 Å². The van der Waals surface area contributed by atoms with Gasteiger partial charge in [0.25, 0.3) is 0 Å². The van der Waals surface area contributed by atoms with Crippen molar-refractivity contribution in [2.75, 3.05) is 11.9 Å². The summed E-state index contributed by atoms with van der Waals surface area (Å²) < 4.78 is 5.86. The molecule has 1 atom stereocenters. The number of oxazole rings is 1. The summed E-state index contributed by atoms with van der Waals surface area (Å²) in [7, 11) is 0. The maximum absolute atomic E-state index is 12.9. The van der Waals surface area contributed by atoms with E-state index in [4.69, 9.17) is 27.6 Å². The number of carbonyl (C=O) groups excluding carboxylic acids is 1. The number of anilines is 1. The Morgan fingerprint density at radius 1 is 1.24 bits per heavy atom.